The summed E-state index contributed by atoms with van der Waals surface area (Å²) < 4.78 is 0. The zero-order valence-corrected chi connectivity index (χ0v) is 12.4. The molecule has 0 atom stereocenters. The van der Waals surface area contributed by atoms with E-state index in [0.29, 0.717) is 43.7 Å². The standard InChI is InChI=1S/C16H26N2O2/c19-14-3-9-18(10-4-14)15(20)13-17-11-7-16(8-12-17)5-1-2-6-16/h1-13H2. The molecule has 2 saturated heterocycles. The van der Waals surface area contributed by atoms with Crippen LogP contribution in [0.5, 0.6) is 0 Å². The highest BCUT2D eigenvalue weighted by Crippen LogP contribution is 2.45. The summed E-state index contributed by atoms with van der Waals surface area (Å²) in [6.07, 6.45) is 9.27. The van der Waals surface area contributed by atoms with Gasteiger partial charge in [-0.15, -0.1) is 0 Å². The first-order valence-corrected chi connectivity index (χ1v) is 8.19. The molecule has 0 aromatic carbocycles. The first kappa shape index (κ1) is 14.1. The maximum atomic E-state index is 12.3. The van der Waals surface area contributed by atoms with Crippen LogP contribution in [0.4, 0.5) is 0 Å². The van der Waals surface area contributed by atoms with Gasteiger partial charge in [-0.1, -0.05) is 12.8 Å². The number of likely N-dealkylation sites (tertiary alicyclic amines) is 2. The number of rotatable bonds is 2. The highest BCUT2D eigenvalue weighted by Gasteiger charge is 2.37. The molecule has 3 fully saturated rings. The summed E-state index contributed by atoms with van der Waals surface area (Å²) in [6.45, 7) is 3.99. The van der Waals surface area contributed by atoms with Crippen LogP contribution in [-0.2, 0) is 9.59 Å². The largest absolute Gasteiger partial charge is 0.341 e. The molecule has 0 N–H and O–H groups in total. The Morgan fingerprint density at radius 1 is 0.950 bits per heavy atom. The summed E-state index contributed by atoms with van der Waals surface area (Å²) in [5.41, 5.74) is 0.622. The molecule has 2 heterocycles. The van der Waals surface area contributed by atoms with E-state index in [-0.39, 0.29) is 5.91 Å². The van der Waals surface area contributed by atoms with Crippen molar-refractivity contribution in [3.63, 3.8) is 0 Å². The van der Waals surface area contributed by atoms with E-state index in [0.717, 1.165) is 13.1 Å². The molecule has 0 aromatic heterocycles. The Kier molecular flexibility index (Phi) is 4.11. The van der Waals surface area contributed by atoms with E-state index in [1.807, 2.05) is 4.90 Å². The lowest BCUT2D eigenvalue weighted by molar-refractivity contribution is -0.136. The van der Waals surface area contributed by atoms with Gasteiger partial charge in [0, 0.05) is 25.9 Å². The van der Waals surface area contributed by atoms with Crippen LogP contribution in [0.1, 0.15) is 51.4 Å². The van der Waals surface area contributed by atoms with Gasteiger partial charge in [0.25, 0.3) is 0 Å². The molecule has 1 spiro atoms. The summed E-state index contributed by atoms with van der Waals surface area (Å²) in [5, 5.41) is 0. The fourth-order valence-corrected chi connectivity index (χ4v) is 4.11. The van der Waals surface area contributed by atoms with Crippen molar-refractivity contribution in [2.24, 2.45) is 5.41 Å². The van der Waals surface area contributed by atoms with Crippen molar-refractivity contribution in [1.82, 2.24) is 9.80 Å². The number of hydrogen-bond donors (Lipinski definition) is 0. The number of carbonyl (C=O) groups excluding carboxylic acids is 2. The Morgan fingerprint density at radius 3 is 2.15 bits per heavy atom. The number of hydrogen-bond acceptors (Lipinski definition) is 3. The molecule has 0 radical (unpaired) electrons. The summed E-state index contributed by atoms with van der Waals surface area (Å²) in [7, 11) is 0. The Bertz CT molecular complexity index is 368. The van der Waals surface area contributed by atoms with Crippen LogP contribution >= 0.6 is 0 Å². The molecule has 3 aliphatic rings. The highest BCUT2D eigenvalue weighted by molar-refractivity contribution is 5.84. The number of Topliss-reactive ketones (excluding diaryl/α,β-unsaturated/α-hetero) is 1. The Morgan fingerprint density at radius 2 is 1.55 bits per heavy atom. The first-order valence-electron chi connectivity index (χ1n) is 8.19. The number of amides is 1. The van der Waals surface area contributed by atoms with Gasteiger partial charge in [0.15, 0.2) is 0 Å². The minimum absolute atomic E-state index is 0.222. The van der Waals surface area contributed by atoms with Gasteiger partial charge in [-0.2, -0.15) is 0 Å². The lowest BCUT2D eigenvalue weighted by Crippen LogP contribution is -2.47. The number of carbonyl (C=O) groups is 2. The lowest BCUT2D eigenvalue weighted by atomic mass is 9.77. The van der Waals surface area contributed by atoms with Crippen molar-refractivity contribution in [2.45, 2.75) is 51.4 Å². The highest BCUT2D eigenvalue weighted by atomic mass is 16.2. The molecule has 112 valence electrons. The normalized spacial score (nSPS) is 27.2. The number of ketones is 1. The van der Waals surface area contributed by atoms with E-state index in [1.165, 1.54) is 38.5 Å². The zero-order chi connectivity index (χ0) is 14.0. The van der Waals surface area contributed by atoms with Crippen LogP contribution in [0, 0.1) is 5.41 Å². The molecule has 1 aliphatic carbocycles. The molecular weight excluding hydrogens is 252 g/mol. The van der Waals surface area contributed by atoms with Crippen LogP contribution in [-0.4, -0.2) is 54.2 Å². The maximum absolute atomic E-state index is 12.3. The van der Waals surface area contributed by atoms with Crippen molar-refractivity contribution in [1.29, 1.82) is 0 Å². The van der Waals surface area contributed by atoms with E-state index in [4.69, 9.17) is 0 Å². The van der Waals surface area contributed by atoms with Crippen molar-refractivity contribution in [2.75, 3.05) is 32.7 Å². The predicted octanol–water partition coefficient (Wildman–Crippen LogP) is 1.83. The minimum Gasteiger partial charge on any atom is -0.341 e. The smallest absolute Gasteiger partial charge is 0.236 e. The minimum atomic E-state index is 0.222. The molecule has 2 aliphatic heterocycles. The summed E-state index contributed by atoms with van der Waals surface area (Å²) in [6, 6.07) is 0. The second-order valence-electron chi connectivity index (χ2n) is 6.90. The molecule has 3 rings (SSSR count). The van der Waals surface area contributed by atoms with E-state index in [1.54, 1.807) is 0 Å². The molecular formula is C16H26N2O2. The maximum Gasteiger partial charge on any atom is 0.236 e. The van der Waals surface area contributed by atoms with Gasteiger partial charge in [0.05, 0.1) is 6.54 Å². The molecule has 20 heavy (non-hydrogen) atoms. The molecule has 1 saturated carbocycles. The van der Waals surface area contributed by atoms with Crippen molar-refractivity contribution in [3.05, 3.63) is 0 Å². The van der Waals surface area contributed by atoms with Crippen molar-refractivity contribution < 1.29 is 9.59 Å². The Balaban J connectivity index is 1.45. The van der Waals surface area contributed by atoms with Crippen LogP contribution in [0.2, 0.25) is 0 Å². The molecule has 0 aromatic rings. The number of piperidine rings is 2. The zero-order valence-electron chi connectivity index (χ0n) is 12.4. The second kappa shape index (κ2) is 5.84. The molecule has 4 nitrogen and oxygen atoms in total. The molecule has 1 amide bonds. The molecule has 0 unspecified atom stereocenters. The van der Waals surface area contributed by atoms with Crippen LogP contribution in [0.15, 0.2) is 0 Å². The van der Waals surface area contributed by atoms with Crippen molar-refractivity contribution in [3.8, 4) is 0 Å². The van der Waals surface area contributed by atoms with E-state index >= 15 is 0 Å². The van der Waals surface area contributed by atoms with Crippen molar-refractivity contribution >= 4 is 11.7 Å². The summed E-state index contributed by atoms with van der Waals surface area (Å²) >= 11 is 0. The van der Waals surface area contributed by atoms with E-state index < -0.39 is 0 Å². The van der Waals surface area contributed by atoms with Gasteiger partial charge in [-0.25, -0.2) is 0 Å². The Labute approximate surface area is 121 Å². The SMILES string of the molecule is O=C1CCN(C(=O)CN2CCC3(CCCC3)CC2)CC1. The number of nitrogens with zero attached hydrogens (tertiary/aromatic N) is 2. The third kappa shape index (κ3) is 3.05. The molecule has 0 bridgehead atoms. The van der Waals surface area contributed by atoms with Gasteiger partial charge in [-0.3, -0.25) is 14.5 Å². The average Bonchev–Trinajstić information content (AvgIpc) is 2.91. The lowest BCUT2D eigenvalue weighted by Gasteiger charge is -2.39. The van der Waals surface area contributed by atoms with E-state index in [2.05, 4.69) is 4.90 Å². The first-order chi connectivity index (χ1) is 9.67. The van der Waals surface area contributed by atoms with Gasteiger partial charge in [-0.05, 0) is 44.2 Å². The van der Waals surface area contributed by atoms with Gasteiger partial charge >= 0.3 is 0 Å². The predicted molar refractivity (Wildman–Crippen MR) is 77.4 cm³/mol. The van der Waals surface area contributed by atoms with Crippen LogP contribution in [0.3, 0.4) is 0 Å². The van der Waals surface area contributed by atoms with Gasteiger partial charge in [0.1, 0.15) is 5.78 Å². The monoisotopic (exact) mass is 278 g/mol. The second-order valence-corrected chi connectivity index (χ2v) is 6.90. The third-order valence-electron chi connectivity index (χ3n) is 5.61. The fourth-order valence-electron chi connectivity index (χ4n) is 4.11. The summed E-state index contributed by atoms with van der Waals surface area (Å²) in [4.78, 5) is 27.7. The van der Waals surface area contributed by atoms with E-state index in [9.17, 15) is 9.59 Å². The Hall–Kier alpha value is -0.900. The topological polar surface area (TPSA) is 40.6 Å². The average molecular weight is 278 g/mol. The van der Waals surface area contributed by atoms with Gasteiger partial charge in [0.2, 0.25) is 5.91 Å². The summed E-state index contributed by atoms with van der Waals surface area (Å²) in [5.74, 6) is 0.523. The quantitative estimate of drug-likeness (QED) is 0.774. The van der Waals surface area contributed by atoms with Crippen LogP contribution < -0.4 is 0 Å². The van der Waals surface area contributed by atoms with Crippen LogP contribution in [0.25, 0.3) is 0 Å². The molecule has 4 heteroatoms. The third-order valence-corrected chi connectivity index (χ3v) is 5.61. The fraction of sp³-hybridized carbons (Fsp3) is 0.875. The van der Waals surface area contributed by atoms with Gasteiger partial charge < -0.3 is 4.90 Å².